The fraction of sp³-hybridized carbons (Fsp3) is 0.417. The summed E-state index contributed by atoms with van der Waals surface area (Å²) in [6.45, 7) is 6.89. The fourth-order valence-electron chi connectivity index (χ4n) is 3.91. The standard InChI is InChI=1S/C24H30N6O3/c1-24(2,3)33-23(32)29-11-6-7-17(15-29)27-20-9-5-8-18(28-20)19-14-26-21-13-16(22(31)25-4)10-12-30(19)21/h5,8-10,12-14,17H,6-7,11,15H2,1-4H3,(H,25,31)(H,27,28)/t17-/m1/s1. The number of imidazole rings is 1. The van der Waals surface area contributed by atoms with Crippen LogP contribution in [0.4, 0.5) is 10.6 Å². The third-order valence-corrected chi connectivity index (χ3v) is 5.44. The number of carbonyl (C=O) groups excluding carboxylic acids is 2. The van der Waals surface area contributed by atoms with E-state index < -0.39 is 5.60 Å². The lowest BCUT2D eigenvalue weighted by Gasteiger charge is -2.34. The number of rotatable bonds is 4. The molecule has 1 aliphatic heterocycles. The zero-order valence-electron chi connectivity index (χ0n) is 19.5. The molecule has 2 N–H and O–H groups in total. The Morgan fingerprint density at radius 1 is 1.21 bits per heavy atom. The van der Waals surface area contributed by atoms with Crippen LogP contribution in [-0.4, -0.2) is 63.0 Å². The second-order valence-corrected chi connectivity index (χ2v) is 9.18. The summed E-state index contributed by atoms with van der Waals surface area (Å²) >= 11 is 0. The van der Waals surface area contributed by atoms with Crippen molar-refractivity contribution >= 4 is 23.5 Å². The number of likely N-dealkylation sites (tertiary alicyclic amines) is 1. The van der Waals surface area contributed by atoms with Crippen molar-refractivity contribution in [2.45, 2.75) is 45.3 Å². The summed E-state index contributed by atoms with van der Waals surface area (Å²) in [7, 11) is 1.60. The van der Waals surface area contributed by atoms with E-state index in [1.54, 1.807) is 30.3 Å². The summed E-state index contributed by atoms with van der Waals surface area (Å²) in [4.78, 5) is 35.3. The highest BCUT2D eigenvalue weighted by Gasteiger charge is 2.27. The van der Waals surface area contributed by atoms with E-state index in [1.807, 2.05) is 49.6 Å². The van der Waals surface area contributed by atoms with Gasteiger partial charge in [-0.05, 0) is 57.9 Å². The first-order valence-corrected chi connectivity index (χ1v) is 11.1. The minimum Gasteiger partial charge on any atom is -0.444 e. The van der Waals surface area contributed by atoms with E-state index in [-0.39, 0.29) is 18.0 Å². The summed E-state index contributed by atoms with van der Waals surface area (Å²) in [5.74, 6) is 0.583. The lowest BCUT2D eigenvalue weighted by Crippen LogP contribution is -2.47. The zero-order chi connectivity index (χ0) is 23.6. The molecule has 4 heterocycles. The summed E-state index contributed by atoms with van der Waals surface area (Å²) in [5, 5.41) is 6.09. The Morgan fingerprint density at radius 2 is 2.03 bits per heavy atom. The predicted molar refractivity (Wildman–Crippen MR) is 126 cm³/mol. The van der Waals surface area contributed by atoms with Crippen LogP contribution in [-0.2, 0) is 4.74 Å². The number of aromatic nitrogens is 3. The molecule has 3 aromatic rings. The molecule has 2 amide bonds. The number of piperidine rings is 1. The van der Waals surface area contributed by atoms with Crippen molar-refractivity contribution < 1.29 is 14.3 Å². The highest BCUT2D eigenvalue weighted by Crippen LogP contribution is 2.23. The van der Waals surface area contributed by atoms with Crippen LogP contribution in [0.1, 0.15) is 44.0 Å². The minimum absolute atomic E-state index is 0.0892. The third kappa shape index (κ3) is 5.24. The van der Waals surface area contributed by atoms with Gasteiger partial charge in [-0.25, -0.2) is 14.8 Å². The second kappa shape index (κ2) is 9.09. The highest BCUT2D eigenvalue weighted by molar-refractivity contribution is 5.94. The first-order valence-electron chi connectivity index (χ1n) is 11.1. The number of nitrogens with zero attached hydrogens (tertiary/aromatic N) is 4. The van der Waals surface area contributed by atoms with Crippen LogP contribution in [0, 0.1) is 0 Å². The third-order valence-electron chi connectivity index (χ3n) is 5.44. The van der Waals surface area contributed by atoms with Crippen LogP contribution in [0.15, 0.2) is 42.7 Å². The van der Waals surface area contributed by atoms with Crippen LogP contribution in [0.2, 0.25) is 0 Å². The van der Waals surface area contributed by atoms with E-state index in [0.29, 0.717) is 24.3 Å². The number of ether oxygens (including phenoxy) is 1. The topological polar surface area (TPSA) is 101 Å². The van der Waals surface area contributed by atoms with Crippen molar-refractivity contribution in [3.63, 3.8) is 0 Å². The molecule has 0 aliphatic carbocycles. The Labute approximate surface area is 193 Å². The first-order chi connectivity index (χ1) is 15.7. The Bertz CT molecular complexity index is 1170. The molecule has 0 saturated carbocycles. The molecule has 33 heavy (non-hydrogen) atoms. The lowest BCUT2D eigenvalue weighted by atomic mass is 10.1. The molecule has 0 bridgehead atoms. The van der Waals surface area contributed by atoms with Gasteiger partial charge in [-0.2, -0.15) is 0 Å². The van der Waals surface area contributed by atoms with E-state index in [1.165, 1.54) is 0 Å². The van der Waals surface area contributed by atoms with Crippen LogP contribution in [0.25, 0.3) is 17.0 Å². The number of amides is 2. The highest BCUT2D eigenvalue weighted by atomic mass is 16.6. The molecule has 1 saturated heterocycles. The maximum Gasteiger partial charge on any atom is 0.410 e. The van der Waals surface area contributed by atoms with E-state index >= 15 is 0 Å². The van der Waals surface area contributed by atoms with Crippen molar-refractivity contribution in [2.24, 2.45) is 0 Å². The number of carbonyl (C=O) groups is 2. The van der Waals surface area contributed by atoms with Gasteiger partial charge in [0.15, 0.2) is 0 Å². The second-order valence-electron chi connectivity index (χ2n) is 9.18. The van der Waals surface area contributed by atoms with E-state index in [2.05, 4.69) is 15.6 Å². The van der Waals surface area contributed by atoms with Crippen LogP contribution in [0.3, 0.4) is 0 Å². The molecule has 174 valence electrons. The Morgan fingerprint density at radius 3 is 2.79 bits per heavy atom. The minimum atomic E-state index is -0.511. The number of fused-ring (bicyclic) bond motifs is 1. The average Bonchev–Trinajstić information content (AvgIpc) is 3.21. The average molecular weight is 451 g/mol. The van der Waals surface area contributed by atoms with Gasteiger partial charge >= 0.3 is 6.09 Å². The quantitative estimate of drug-likeness (QED) is 0.630. The van der Waals surface area contributed by atoms with Crippen molar-refractivity contribution in [1.29, 1.82) is 0 Å². The molecule has 0 aromatic carbocycles. The normalized spacial score (nSPS) is 16.5. The maximum atomic E-state index is 12.5. The molecule has 9 nitrogen and oxygen atoms in total. The van der Waals surface area contributed by atoms with Gasteiger partial charge in [0, 0.05) is 37.9 Å². The number of hydrogen-bond acceptors (Lipinski definition) is 6. The van der Waals surface area contributed by atoms with Crippen molar-refractivity contribution in [3.05, 3.63) is 48.3 Å². The summed E-state index contributed by atoms with van der Waals surface area (Å²) in [5.41, 5.74) is 2.31. The molecule has 4 rings (SSSR count). The molecular weight excluding hydrogens is 420 g/mol. The predicted octanol–water partition coefficient (Wildman–Crippen LogP) is 3.57. The molecule has 1 fully saturated rings. The summed E-state index contributed by atoms with van der Waals surface area (Å²) < 4.78 is 7.43. The van der Waals surface area contributed by atoms with Gasteiger partial charge < -0.3 is 20.3 Å². The number of nitrogens with one attached hydrogen (secondary N) is 2. The maximum absolute atomic E-state index is 12.5. The smallest absolute Gasteiger partial charge is 0.410 e. The Hall–Kier alpha value is -3.62. The van der Waals surface area contributed by atoms with E-state index in [0.717, 1.165) is 30.0 Å². The van der Waals surface area contributed by atoms with Gasteiger partial charge in [0.25, 0.3) is 5.91 Å². The van der Waals surface area contributed by atoms with E-state index in [9.17, 15) is 9.59 Å². The molecule has 9 heteroatoms. The number of anilines is 1. The van der Waals surface area contributed by atoms with Crippen molar-refractivity contribution in [1.82, 2.24) is 24.6 Å². The van der Waals surface area contributed by atoms with Gasteiger partial charge in [-0.1, -0.05) is 6.07 Å². The monoisotopic (exact) mass is 450 g/mol. The van der Waals surface area contributed by atoms with Gasteiger partial charge in [0.1, 0.15) is 17.1 Å². The molecule has 1 atom stereocenters. The summed E-state index contributed by atoms with van der Waals surface area (Å²) in [6, 6.07) is 9.38. The molecule has 0 unspecified atom stereocenters. The molecule has 1 aliphatic rings. The van der Waals surface area contributed by atoms with Gasteiger partial charge in [-0.3, -0.25) is 9.20 Å². The van der Waals surface area contributed by atoms with Gasteiger partial charge in [0.05, 0.1) is 17.6 Å². The molecule has 0 radical (unpaired) electrons. The van der Waals surface area contributed by atoms with Crippen molar-refractivity contribution in [2.75, 3.05) is 25.5 Å². The summed E-state index contributed by atoms with van der Waals surface area (Å²) in [6.07, 6.45) is 5.14. The number of pyridine rings is 2. The van der Waals surface area contributed by atoms with Crippen LogP contribution >= 0.6 is 0 Å². The van der Waals surface area contributed by atoms with Crippen molar-refractivity contribution in [3.8, 4) is 11.4 Å². The fourth-order valence-corrected chi connectivity index (χ4v) is 3.91. The molecule has 3 aromatic heterocycles. The van der Waals surface area contributed by atoms with Crippen LogP contribution in [0.5, 0.6) is 0 Å². The van der Waals surface area contributed by atoms with Gasteiger partial charge in [0.2, 0.25) is 0 Å². The van der Waals surface area contributed by atoms with E-state index in [4.69, 9.17) is 9.72 Å². The number of hydrogen-bond donors (Lipinski definition) is 2. The SMILES string of the molecule is CNC(=O)c1ccn2c(-c3cccc(N[C@@H]4CCCN(C(=O)OC(C)(C)C)C4)n3)cnc2c1. The lowest BCUT2D eigenvalue weighted by molar-refractivity contribution is 0.0206. The zero-order valence-corrected chi connectivity index (χ0v) is 19.5. The Kier molecular flexibility index (Phi) is 6.22. The molecular formula is C24H30N6O3. The largest absolute Gasteiger partial charge is 0.444 e. The van der Waals surface area contributed by atoms with Gasteiger partial charge in [-0.15, -0.1) is 0 Å². The first kappa shape index (κ1) is 22.6. The molecule has 0 spiro atoms. The Balaban J connectivity index is 1.49. The van der Waals surface area contributed by atoms with Crippen LogP contribution < -0.4 is 10.6 Å².